The minimum atomic E-state index is -0.711. The highest BCUT2D eigenvalue weighted by molar-refractivity contribution is 5.80. The number of nitrogens with zero attached hydrogens (tertiary/aromatic N) is 4. The average molecular weight is 433 g/mol. The van der Waals surface area contributed by atoms with Gasteiger partial charge in [0.05, 0.1) is 17.2 Å². The second-order valence-electron chi connectivity index (χ2n) is 7.74. The van der Waals surface area contributed by atoms with Crippen molar-refractivity contribution in [3.8, 4) is 0 Å². The van der Waals surface area contributed by atoms with Crippen molar-refractivity contribution in [1.29, 1.82) is 0 Å². The third-order valence-electron chi connectivity index (χ3n) is 5.50. The van der Waals surface area contributed by atoms with Gasteiger partial charge in [0.15, 0.2) is 0 Å². The Labute approximate surface area is 184 Å². The molecule has 4 rings (SSSR count). The van der Waals surface area contributed by atoms with Crippen LogP contribution in [0, 0.1) is 12.7 Å². The molecule has 1 N–H and O–H groups in total. The zero-order valence-electron chi connectivity index (χ0n) is 18.0. The molecule has 1 amide bonds. The molecule has 0 saturated heterocycles. The minimum Gasteiger partial charge on any atom is -0.342 e. The highest BCUT2D eigenvalue weighted by Crippen LogP contribution is 2.23. The monoisotopic (exact) mass is 433 g/mol. The smallest absolute Gasteiger partial charge is 0.261 e. The van der Waals surface area contributed by atoms with E-state index in [0.29, 0.717) is 35.3 Å². The van der Waals surface area contributed by atoms with Crippen LogP contribution in [0.25, 0.3) is 10.9 Å². The van der Waals surface area contributed by atoms with Crippen LogP contribution in [0.3, 0.4) is 0 Å². The summed E-state index contributed by atoms with van der Waals surface area (Å²) in [5, 5.41) is 3.45. The van der Waals surface area contributed by atoms with Crippen LogP contribution in [-0.4, -0.2) is 25.0 Å². The first-order valence-electron chi connectivity index (χ1n) is 10.4. The van der Waals surface area contributed by atoms with Crippen LogP contribution in [0.4, 0.5) is 4.39 Å². The number of hydrogen-bond acceptors (Lipinski definition) is 4. The topological polar surface area (TPSA) is 81.8 Å². The summed E-state index contributed by atoms with van der Waals surface area (Å²) in [5.74, 6) is -0.127. The van der Waals surface area contributed by atoms with Gasteiger partial charge in [-0.05, 0) is 31.0 Å². The number of nitrogens with one attached hydrogen (secondary N) is 1. The van der Waals surface area contributed by atoms with Crippen LogP contribution in [0.2, 0.25) is 0 Å². The third-order valence-corrected chi connectivity index (χ3v) is 5.50. The number of para-hydroxylation sites is 1. The summed E-state index contributed by atoms with van der Waals surface area (Å²) in [5.41, 5.74) is 1.85. The molecule has 2 heterocycles. The van der Waals surface area contributed by atoms with E-state index < -0.39 is 11.9 Å². The van der Waals surface area contributed by atoms with Crippen LogP contribution in [0.15, 0.2) is 66.0 Å². The molecular formula is C24H24FN5O2. The number of halogens is 1. The van der Waals surface area contributed by atoms with Crippen LogP contribution in [0.1, 0.15) is 35.8 Å². The SMILES string of the molecule is Cc1cccc2c(=O)n(CCCC(=O)NC(c3ccccc3F)c3nccn3C)cnc12. The molecule has 0 bridgehead atoms. The highest BCUT2D eigenvalue weighted by Gasteiger charge is 2.23. The minimum absolute atomic E-state index is 0.128. The van der Waals surface area contributed by atoms with Gasteiger partial charge in [-0.25, -0.2) is 14.4 Å². The number of carbonyl (C=O) groups excluding carboxylic acids is 1. The lowest BCUT2D eigenvalue weighted by Gasteiger charge is -2.20. The third kappa shape index (κ3) is 4.30. The van der Waals surface area contributed by atoms with Crippen LogP contribution in [0.5, 0.6) is 0 Å². The van der Waals surface area contributed by atoms with Crippen molar-refractivity contribution < 1.29 is 9.18 Å². The van der Waals surface area contributed by atoms with Crippen molar-refractivity contribution in [2.24, 2.45) is 7.05 Å². The molecule has 0 spiro atoms. The van der Waals surface area contributed by atoms with Gasteiger partial charge in [0.25, 0.3) is 5.56 Å². The Hall–Kier alpha value is -3.81. The summed E-state index contributed by atoms with van der Waals surface area (Å²) in [4.78, 5) is 34.1. The lowest BCUT2D eigenvalue weighted by Crippen LogP contribution is -2.32. The Morgan fingerprint density at radius 3 is 2.72 bits per heavy atom. The fraction of sp³-hybridized carbons (Fsp3) is 0.250. The van der Waals surface area contributed by atoms with E-state index in [2.05, 4.69) is 15.3 Å². The van der Waals surface area contributed by atoms with E-state index in [9.17, 15) is 14.0 Å². The Balaban J connectivity index is 1.46. The zero-order chi connectivity index (χ0) is 22.7. The van der Waals surface area contributed by atoms with Crippen LogP contribution < -0.4 is 10.9 Å². The van der Waals surface area contributed by atoms with Crippen molar-refractivity contribution in [3.05, 3.63) is 94.3 Å². The maximum absolute atomic E-state index is 14.5. The quantitative estimate of drug-likeness (QED) is 0.485. The van der Waals surface area contributed by atoms with Gasteiger partial charge in [-0.2, -0.15) is 0 Å². The predicted molar refractivity (Wildman–Crippen MR) is 120 cm³/mol. The van der Waals surface area contributed by atoms with Crippen molar-refractivity contribution in [1.82, 2.24) is 24.4 Å². The van der Waals surface area contributed by atoms with Gasteiger partial charge in [0, 0.05) is 38.0 Å². The summed E-state index contributed by atoms with van der Waals surface area (Å²) in [7, 11) is 1.79. The number of rotatable bonds is 7. The van der Waals surface area contributed by atoms with Crippen molar-refractivity contribution in [3.63, 3.8) is 0 Å². The Morgan fingerprint density at radius 1 is 1.16 bits per heavy atom. The van der Waals surface area contributed by atoms with Crippen molar-refractivity contribution in [2.45, 2.75) is 32.4 Å². The molecule has 0 saturated carbocycles. The number of amides is 1. The fourth-order valence-corrected chi connectivity index (χ4v) is 3.79. The number of benzene rings is 2. The van der Waals surface area contributed by atoms with E-state index in [1.165, 1.54) is 17.0 Å². The first-order valence-corrected chi connectivity index (χ1v) is 10.4. The number of imidazole rings is 1. The Morgan fingerprint density at radius 2 is 1.97 bits per heavy atom. The van der Waals surface area contributed by atoms with Crippen LogP contribution in [-0.2, 0) is 18.4 Å². The molecule has 8 heteroatoms. The number of aryl methyl sites for hydroxylation is 3. The van der Waals surface area contributed by atoms with E-state index in [1.54, 1.807) is 48.3 Å². The van der Waals surface area contributed by atoms with Gasteiger partial charge in [-0.3, -0.25) is 14.2 Å². The molecule has 1 unspecified atom stereocenters. The van der Waals surface area contributed by atoms with Crippen LogP contribution >= 0.6 is 0 Å². The maximum atomic E-state index is 14.5. The number of aromatic nitrogens is 4. The molecule has 0 aliphatic rings. The first kappa shape index (κ1) is 21.4. The van der Waals surface area contributed by atoms with E-state index in [1.807, 2.05) is 19.1 Å². The molecule has 0 fully saturated rings. The normalized spacial score (nSPS) is 12.1. The predicted octanol–water partition coefficient (Wildman–Crippen LogP) is 3.26. The van der Waals surface area contributed by atoms with Crippen molar-refractivity contribution in [2.75, 3.05) is 0 Å². The molecule has 32 heavy (non-hydrogen) atoms. The fourth-order valence-electron chi connectivity index (χ4n) is 3.79. The lowest BCUT2D eigenvalue weighted by atomic mass is 10.0. The van der Waals surface area contributed by atoms with E-state index in [0.717, 1.165) is 5.56 Å². The van der Waals surface area contributed by atoms with E-state index >= 15 is 0 Å². The number of hydrogen-bond donors (Lipinski definition) is 1. The largest absolute Gasteiger partial charge is 0.342 e. The van der Waals surface area contributed by atoms with Gasteiger partial charge >= 0.3 is 0 Å². The summed E-state index contributed by atoms with van der Waals surface area (Å²) in [6.45, 7) is 2.27. The maximum Gasteiger partial charge on any atom is 0.261 e. The Kier molecular flexibility index (Phi) is 6.11. The molecule has 2 aromatic heterocycles. The highest BCUT2D eigenvalue weighted by atomic mass is 19.1. The Bertz CT molecular complexity index is 1330. The van der Waals surface area contributed by atoms with E-state index in [4.69, 9.17) is 0 Å². The van der Waals surface area contributed by atoms with Crippen molar-refractivity contribution >= 4 is 16.8 Å². The zero-order valence-corrected chi connectivity index (χ0v) is 18.0. The summed E-state index contributed by atoms with van der Waals surface area (Å²) < 4.78 is 17.7. The second-order valence-corrected chi connectivity index (χ2v) is 7.74. The lowest BCUT2D eigenvalue weighted by molar-refractivity contribution is -0.121. The molecule has 0 aliphatic heterocycles. The molecule has 7 nitrogen and oxygen atoms in total. The van der Waals surface area contributed by atoms with Gasteiger partial charge < -0.3 is 9.88 Å². The van der Waals surface area contributed by atoms with Gasteiger partial charge in [0.2, 0.25) is 5.91 Å². The molecule has 2 aromatic carbocycles. The van der Waals surface area contributed by atoms with Gasteiger partial charge in [-0.15, -0.1) is 0 Å². The number of fused-ring (bicyclic) bond motifs is 1. The summed E-state index contributed by atoms with van der Waals surface area (Å²) in [6, 6.07) is 11.1. The van der Waals surface area contributed by atoms with Gasteiger partial charge in [-0.1, -0.05) is 30.3 Å². The molecule has 0 aliphatic carbocycles. The second kappa shape index (κ2) is 9.13. The number of carbonyl (C=O) groups is 1. The first-order chi connectivity index (χ1) is 15.5. The summed E-state index contributed by atoms with van der Waals surface area (Å²) >= 11 is 0. The molecule has 164 valence electrons. The molecule has 1 atom stereocenters. The summed E-state index contributed by atoms with van der Waals surface area (Å²) in [6.07, 6.45) is 5.49. The molecule has 4 aromatic rings. The van der Waals surface area contributed by atoms with E-state index in [-0.39, 0.29) is 17.9 Å². The molecular weight excluding hydrogens is 409 g/mol. The average Bonchev–Trinajstić information content (AvgIpc) is 3.20. The standard InChI is InChI=1S/C24H24FN5O2/c1-16-7-5-9-18-21(16)27-15-30(24(18)32)13-6-11-20(31)28-22(23-26-12-14-29(23)2)17-8-3-4-10-19(17)25/h3-5,7-10,12,14-15,22H,6,11,13H2,1-2H3,(H,28,31). The molecule has 0 radical (unpaired) electrons. The van der Waals surface area contributed by atoms with Gasteiger partial charge in [0.1, 0.15) is 17.7 Å².